The summed E-state index contributed by atoms with van der Waals surface area (Å²) >= 11 is 7.01. The molecule has 19 heavy (non-hydrogen) atoms. The highest BCUT2D eigenvalue weighted by Crippen LogP contribution is 2.23. The molecule has 1 aromatic heterocycles. The number of piperidine rings is 1. The van der Waals surface area contributed by atoms with Crippen molar-refractivity contribution < 1.29 is 14.7 Å². The molecule has 1 saturated heterocycles. The van der Waals surface area contributed by atoms with Crippen molar-refractivity contribution in [1.29, 1.82) is 0 Å². The molecule has 1 N–H and O–H groups in total. The van der Waals surface area contributed by atoms with E-state index in [2.05, 4.69) is 0 Å². The number of ketones is 1. The fourth-order valence-corrected chi connectivity index (χ4v) is 3.09. The first kappa shape index (κ1) is 14.5. The van der Waals surface area contributed by atoms with Crippen LogP contribution in [0.2, 0.25) is 4.34 Å². The molecular weight excluding hydrogens is 286 g/mol. The first-order valence-electron chi connectivity index (χ1n) is 6.30. The lowest BCUT2D eigenvalue weighted by molar-refractivity contribution is -0.133. The van der Waals surface area contributed by atoms with Gasteiger partial charge in [-0.1, -0.05) is 11.6 Å². The maximum Gasteiger partial charge on any atom is 0.223 e. The Morgan fingerprint density at radius 2 is 2.00 bits per heavy atom. The van der Waals surface area contributed by atoms with Crippen LogP contribution in [-0.4, -0.2) is 40.9 Å². The number of carbonyl (C=O) groups excluding carboxylic acids is 2. The van der Waals surface area contributed by atoms with E-state index in [9.17, 15) is 14.7 Å². The maximum absolute atomic E-state index is 11.9. The Morgan fingerprint density at radius 1 is 1.32 bits per heavy atom. The van der Waals surface area contributed by atoms with Gasteiger partial charge in [0.05, 0.1) is 15.3 Å². The summed E-state index contributed by atoms with van der Waals surface area (Å²) in [6.45, 7) is 1.16. The summed E-state index contributed by atoms with van der Waals surface area (Å²) in [5.74, 6) is -0.0507. The van der Waals surface area contributed by atoms with Crippen LogP contribution >= 0.6 is 22.9 Å². The number of carbonyl (C=O) groups is 2. The molecule has 0 atom stereocenters. The van der Waals surface area contributed by atoms with E-state index in [1.54, 1.807) is 17.0 Å². The number of nitrogens with zero attached hydrogens (tertiary/aromatic N) is 1. The average Bonchev–Trinajstić information content (AvgIpc) is 2.83. The number of likely N-dealkylation sites (tertiary alicyclic amines) is 1. The van der Waals surface area contributed by atoms with Crippen molar-refractivity contribution in [3.05, 3.63) is 21.3 Å². The number of amides is 1. The minimum Gasteiger partial charge on any atom is -0.393 e. The van der Waals surface area contributed by atoms with Crippen LogP contribution in [0.25, 0.3) is 0 Å². The van der Waals surface area contributed by atoms with Crippen LogP contribution in [0.1, 0.15) is 35.4 Å². The molecule has 1 fully saturated rings. The Balaban J connectivity index is 1.79. The van der Waals surface area contributed by atoms with Gasteiger partial charge in [0.25, 0.3) is 0 Å². The van der Waals surface area contributed by atoms with Crippen molar-refractivity contribution in [2.75, 3.05) is 13.1 Å². The predicted octanol–water partition coefficient (Wildman–Crippen LogP) is 2.35. The van der Waals surface area contributed by atoms with Crippen molar-refractivity contribution in [1.82, 2.24) is 4.90 Å². The third kappa shape index (κ3) is 4.03. The van der Waals surface area contributed by atoms with E-state index >= 15 is 0 Å². The molecular formula is C13H16ClNO3S. The zero-order valence-corrected chi connectivity index (χ0v) is 12.0. The number of rotatable bonds is 4. The van der Waals surface area contributed by atoms with E-state index in [1.165, 1.54) is 11.3 Å². The van der Waals surface area contributed by atoms with Gasteiger partial charge < -0.3 is 10.0 Å². The van der Waals surface area contributed by atoms with Crippen molar-refractivity contribution >= 4 is 34.6 Å². The molecule has 2 rings (SSSR count). The highest BCUT2D eigenvalue weighted by Gasteiger charge is 2.21. The van der Waals surface area contributed by atoms with E-state index in [1.807, 2.05) is 0 Å². The molecule has 0 bridgehead atoms. The summed E-state index contributed by atoms with van der Waals surface area (Å²) in [7, 11) is 0. The predicted molar refractivity (Wildman–Crippen MR) is 74.7 cm³/mol. The normalized spacial score (nSPS) is 16.6. The second-order valence-electron chi connectivity index (χ2n) is 4.64. The summed E-state index contributed by atoms with van der Waals surface area (Å²) in [4.78, 5) is 26.1. The fraction of sp³-hybridized carbons (Fsp3) is 0.538. The molecule has 0 aromatic carbocycles. The second-order valence-corrected chi connectivity index (χ2v) is 6.35. The van der Waals surface area contributed by atoms with E-state index in [0.717, 1.165) is 0 Å². The van der Waals surface area contributed by atoms with Gasteiger partial charge in [-0.3, -0.25) is 9.59 Å². The van der Waals surface area contributed by atoms with Gasteiger partial charge in [-0.2, -0.15) is 0 Å². The Morgan fingerprint density at radius 3 is 2.58 bits per heavy atom. The minimum absolute atomic E-state index is 0.0112. The molecule has 4 nitrogen and oxygen atoms in total. The summed E-state index contributed by atoms with van der Waals surface area (Å²) in [5, 5.41) is 9.37. The second kappa shape index (κ2) is 6.50. The summed E-state index contributed by atoms with van der Waals surface area (Å²) in [6, 6.07) is 3.38. The van der Waals surface area contributed by atoms with Gasteiger partial charge in [0.1, 0.15) is 0 Å². The molecule has 0 spiro atoms. The van der Waals surface area contributed by atoms with Crippen LogP contribution in [0.3, 0.4) is 0 Å². The van der Waals surface area contributed by atoms with Gasteiger partial charge in [0.15, 0.2) is 5.78 Å². The lowest BCUT2D eigenvalue weighted by atomic mass is 10.1. The highest BCUT2D eigenvalue weighted by atomic mass is 35.5. The average molecular weight is 302 g/mol. The number of aliphatic hydroxyl groups excluding tert-OH is 1. The first-order valence-corrected chi connectivity index (χ1v) is 7.50. The van der Waals surface area contributed by atoms with Crippen LogP contribution in [0.5, 0.6) is 0 Å². The molecule has 6 heteroatoms. The zero-order chi connectivity index (χ0) is 13.8. The standard InChI is InChI=1S/C13H16ClNO3S/c14-12-3-2-11(19-12)10(17)1-4-13(18)15-7-5-9(16)6-8-15/h2-3,9,16H,1,4-8H2. The monoisotopic (exact) mass is 301 g/mol. The summed E-state index contributed by atoms with van der Waals surface area (Å²) in [5.41, 5.74) is 0. The third-order valence-electron chi connectivity index (χ3n) is 3.23. The Labute approximate surface area is 121 Å². The number of hydrogen-bond acceptors (Lipinski definition) is 4. The van der Waals surface area contributed by atoms with Gasteiger partial charge in [0.2, 0.25) is 5.91 Å². The number of hydrogen-bond donors (Lipinski definition) is 1. The zero-order valence-electron chi connectivity index (χ0n) is 10.5. The van der Waals surface area contributed by atoms with Gasteiger partial charge in [-0.15, -0.1) is 11.3 Å². The van der Waals surface area contributed by atoms with Gasteiger partial charge in [0, 0.05) is 25.9 Å². The maximum atomic E-state index is 11.9. The number of Topliss-reactive ketones (excluding diaryl/α,β-unsaturated/α-hetero) is 1. The number of thiophene rings is 1. The number of halogens is 1. The molecule has 1 aliphatic rings. The van der Waals surface area contributed by atoms with Crippen molar-refractivity contribution in [3.63, 3.8) is 0 Å². The van der Waals surface area contributed by atoms with E-state index < -0.39 is 0 Å². The van der Waals surface area contributed by atoms with E-state index in [4.69, 9.17) is 11.6 Å². The lowest BCUT2D eigenvalue weighted by Gasteiger charge is -2.29. The molecule has 1 amide bonds. The van der Waals surface area contributed by atoms with Crippen LogP contribution in [0, 0.1) is 0 Å². The Kier molecular flexibility index (Phi) is 4.96. The minimum atomic E-state index is -0.293. The Hall–Kier alpha value is -0.910. The van der Waals surface area contributed by atoms with Crippen LogP contribution < -0.4 is 0 Å². The van der Waals surface area contributed by atoms with Gasteiger partial charge in [-0.05, 0) is 25.0 Å². The SMILES string of the molecule is O=C(CCC(=O)N1CCC(O)CC1)c1ccc(Cl)s1. The van der Waals surface area contributed by atoms with E-state index in [0.29, 0.717) is 35.1 Å². The molecule has 0 unspecified atom stereocenters. The molecule has 1 aliphatic heterocycles. The summed E-state index contributed by atoms with van der Waals surface area (Å²) in [6.07, 6.45) is 1.40. The third-order valence-corrected chi connectivity index (χ3v) is 4.50. The van der Waals surface area contributed by atoms with Gasteiger partial charge >= 0.3 is 0 Å². The van der Waals surface area contributed by atoms with Crippen LogP contribution in [0.4, 0.5) is 0 Å². The molecule has 1 aromatic rings. The smallest absolute Gasteiger partial charge is 0.223 e. The van der Waals surface area contributed by atoms with Crippen molar-refractivity contribution in [3.8, 4) is 0 Å². The molecule has 104 valence electrons. The largest absolute Gasteiger partial charge is 0.393 e. The molecule has 0 radical (unpaired) electrons. The molecule has 0 aliphatic carbocycles. The van der Waals surface area contributed by atoms with Gasteiger partial charge in [-0.25, -0.2) is 0 Å². The fourth-order valence-electron chi connectivity index (χ4n) is 2.08. The molecule has 2 heterocycles. The lowest BCUT2D eigenvalue weighted by Crippen LogP contribution is -2.40. The molecule has 0 saturated carbocycles. The van der Waals surface area contributed by atoms with Crippen LogP contribution in [-0.2, 0) is 4.79 Å². The quantitative estimate of drug-likeness (QED) is 0.869. The van der Waals surface area contributed by atoms with Crippen molar-refractivity contribution in [2.24, 2.45) is 0 Å². The highest BCUT2D eigenvalue weighted by molar-refractivity contribution is 7.18. The van der Waals surface area contributed by atoms with Crippen LogP contribution in [0.15, 0.2) is 12.1 Å². The Bertz CT molecular complexity index is 466. The van der Waals surface area contributed by atoms with Crippen molar-refractivity contribution in [2.45, 2.75) is 31.8 Å². The summed E-state index contributed by atoms with van der Waals surface area (Å²) < 4.78 is 0.583. The number of aliphatic hydroxyl groups is 1. The van der Waals surface area contributed by atoms with E-state index in [-0.39, 0.29) is 30.6 Å². The topological polar surface area (TPSA) is 57.6 Å². The first-order chi connectivity index (χ1) is 9.06.